The lowest BCUT2D eigenvalue weighted by molar-refractivity contribution is -0.141. The summed E-state index contributed by atoms with van der Waals surface area (Å²) < 4.78 is 39.9. The largest absolute Gasteiger partial charge is 0.480 e. The summed E-state index contributed by atoms with van der Waals surface area (Å²) >= 11 is 5.89. The van der Waals surface area contributed by atoms with Crippen LogP contribution in [0.1, 0.15) is 27.0 Å². The van der Waals surface area contributed by atoms with Gasteiger partial charge in [0.1, 0.15) is 11.7 Å². The van der Waals surface area contributed by atoms with Crippen molar-refractivity contribution in [2.45, 2.75) is 18.6 Å². The molecule has 1 unspecified atom stereocenters. The second kappa shape index (κ2) is 13.2. The van der Waals surface area contributed by atoms with Gasteiger partial charge in [-0.2, -0.15) is 13.2 Å². The summed E-state index contributed by atoms with van der Waals surface area (Å²) in [6.07, 6.45) is -3.69. The van der Waals surface area contributed by atoms with Gasteiger partial charge in [-0.15, -0.1) is 0 Å². The average molecular weight is 593 g/mol. The first kappa shape index (κ1) is 30.1. The number of benzene rings is 4. The van der Waals surface area contributed by atoms with E-state index >= 15 is 0 Å². The number of carbonyl (C=O) groups excluding carboxylic acids is 2. The molecule has 0 radical (unpaired) electrons. The van der Waals surface area contributed by atoms with Gasteiger partial charge in [-0.1, -0.05) is 78.3 Å². The van der Waals surface area contributed by atoms with Gasteiger partial charge in [-0.25, -0.2) is 4.79 Å². The zero-order chi connectivity index (χ0) is 30.3. The maximum absolute atomic E-state index is 13.3. The third-order valence-electron chi connectivity index (χ3n) is 6.23. The van der Waals surface area contributed by atoms with E-state index in [1.54, 1.807) is 36.4 Å². The van der Waals surface area contributed by atoms with Crippen LogP contribution >= 0.6 is 11.6 Å². The van der Waals surface area contributed by atoms with Crippen LogP contribution in [0.5, 0.6) is 0 Å². The van der Waals surface area contributed by atoms with Crippen molar-refractivity contribution in [2.75, 3.05) is 0 Å². The number of rotatable bonds is 9. The molecule has 1 atom stereocenters. The summed E-state index contributed by atoms with van der Waals surface area (Å²) in [6.45, 7) is 0. The Balaban J connectivity index is 1.62. The van der Waals surface area contributed by atoms with E-state index in [0.717, 1.165) is 35.4 Å². The van der Waals surface area contributed by atoms with E-state index in [1.165, 1.54) is 18.2 Å². The van der Waals surface area contributed by atoms with E-state index < -0.39 is 41.3 Å². The Kier molecular flexibility index (Phi) is 9.44. The van der Waals surface area contributed by atoms with Crippen molar-refractivity contribution in [3.05, 3.63) is 136 Å². The van der Waals surface area contributed by atoms with Crippen LogP contribution in [-0.2, 0) is 22.2 Å². The minimum Gasteiger partial charge on any atom is -0.480 e. The zero-order valence-corrected chi connectivity index (χ0v) is 22.6. The molecular formula is C32H24ClF3N2O4. The monoisotopic (exact) mass is 592 g/mol. The number of amides is 2. The number of hydrogen-bond donors (Lipinski definition) is 3. The first-order valence-electron chi connectivity index (χ1n) is 12.6. The maximum Gasteiger partial charge on any atom is 0.416 e. The molecule has 0 saturated carbocycles. The molecule has 0 aliphatic heterocycles. The lowest BCUT2D eigenvalue weighted by atomic mass is 10.0. The van der Waals surface area contributed by atoms with E-state index in [1.807, 2.05) is 30.3 Å². The average Bonchev–Trinajstić information content (AvgIpc) is 2.97. The first-order valence-corrected chi connectivity index (χ1v) is 13.0. The van der Waals surface area contributed by atoms with Crippen molar-refractivity contribution in [3.8, 4) is 11.1 Å². The van der Waals surface area contributed by atoms with Gasteiger partial charge >= 0.3 is 12.1 Å². The summed E-state index contributed by atoms with van der Waals surface area (Å²) in [4.78, 5) is 38.4. The summed E-state index contributed by atoms with van der Waals surface area (Å²) in [5.41, 5.74) is 1.09. The summed E-state index contributed by atoms with van der Waals surface area (Å²) in [7, 11) is 0. The van der Waals surface area contributed by atoms with Crippen LogP contribution in [0, 0.1) is 0 Å². The van der Waals surface area contributed by atoms with Crippen molar-refractivity contribution in [1.29, 1.82) is 0 Å². The van der Waals surface area contributed by atoms with Crippen LogP contribution in [0.3, 0.4) is 0 Å². The van der Waals surface area contributed by atoms with Crippen LogP contribution in [0.25, 0.3) is 17.2 Å². The third-order valence-corrected chi connectivity index (χ3v) is 6.48. The van der Waals surface area contributed by atoms with Gasteiger partial charge in [-0.05, 0) is 64.7 Å². The Morgan fingerprint density at radius 1 is 0.833 bits per heavy atom. The van der Waals surface area contributed by atoms with E-state index in [4.69, 9.17) is 11.6 Å². The summed E-state index contributed by atoms with van der Waals surface area (Å²) in [5, 5.41) is 15.0. The minimum absolute atomic E-state index is 0.0284. The molecule has 0 aliphatic carbocycles. The van der Waals surface area contributed by atoms with Crippen LogP contribution in [0.15, 0.2) is 109 Å². The van der Waals surface area contributed by atoms with Crippen LogP contribution in [0.4, 0.5) is 13.2 Å². The highest BCUT2D eigenvalue weighted by Gasteiger charge is 2.30. The fourth-order valence-corrected chi connectivity index (χ4v) is 4.19. The van der Waals surface area contributed by atoms with Crippen molar-refractivity contribution in [3.63, 3.8) is 0 Å². The molecule has 0 bridgehead atoms. The Labute approximate surface area is 244 Å². The standard InChI is InChI=1S/C32H24ClF3N2O4/c33-26-15-9-20(10-16-26)18-28(31(41)42)38-30(40)27(19-21-5-4-8-25(17-21)32(34,35)36)37-29(39)24-13-11-23(12-14-24)22-6-2-1-3-7-22/h1-17,19,28H,18H2,(H,37,39)(H,38,40)(H,41,42)/b27-19+. The number of aliphatic carboxylic acids is 1. The second-order valence-corrected chi connectivity index (χ2v) is 9.71. The summed E-state index contributed by atoms with van der Waals surface area (Å²) in [6, 6.07) is 25.0. The predicted molar refractivity (Wildman–Crippen MR) is 153 cm³/mol. The van der Waals surface area contributed by atoms with E-state index in [9.17, 15) is 32.7 Å². The quantitative estimate of drug-likeness (QED) is 0.191. The van der Waals surface area contributed by atoms with Crippen LogP contribution in [0.2, 0.25) is 5.02 Å². The molecular weight excluding hydrogens is 569 g/mol. The van der Waals surface area contributed by atoms with Crippen molar-refractivity contribution in [1.82, 2.24) is 10.6 Å². The fourth-order valence-electron chi connectivity index (χ4n) is 4.06. The highest BCUT2D eigenvalue weighted by molar-refractivity contribution is 6.30. The molecule has 4 aromatic carbocycles. The minimum atomic E-state index is -4.64. The molecule has 0 saturated heterocycles. The zero-order valence-electron chi connectivity index (χ0n) is 21.9. The maximum atomic E-state index is 13.3. The normalized spacial score (nSPS) is 12.3. The Morgan fingerprint density at radius 2 is 1.48 bits per heavy atom. The van der Waals surface area contributed by atoms with Gasteiger partial charge < -0.3 is 15.7 Å². The SMILES string of the molecule is O=C(NC(Cc1ccc(Cl)cc1)C(=O)O)/C(=C\c1cccc(C(F)(F)F)c1)NC(=O)c1ccc(-c2ccccc2)cc1. The molecule has 6 nitrogen and oxygen atoms in total. The molecule has 42 heavy (non-hydrogen) atoms. The van der Waals surface area contributed by atoms with Gasteiger partial charge in [0.2, 0.25) is 0 Å². The number of carboxylic acids is 1. The van der Waals surface area contributed by atoms with Crippen molar-refractivity contribution < 1.29 is 32.7 Å². The first-order chi connectivity index (χ1) is 20.0. The topological polar surface area (TPSA) is 95.5 Å². The number of alkyl halides is 3. The smallest absolute Gasteiger partial charge is 0.416 e. The van der Waals surface area contributed by atoms with E-state index in [-0.39, 0.29) is 17.5 Å². The highest BCUT2D eigenvalue weighted by Crippen LogP contribution is 2.30. The number of hydrogen-bond acceptors (Lipinski definition) is 3. The van der Waals surface area contributed by atoms with Crippen LogP contribution in [-0.4, -0.2) is 28.9 Å². The van der Waals surface area contributed by atoms with Gasteiger partial charge in [0.25, 0.3) is 11.8 Å². The molecule has 0 aromatic heterocycles. The molecule has 2 amide bonds. The van der Waals surface area contributed by atoms with Gasteiger partial charge in [0.15, 0.2) is 0 Å². The Hall–Kier alpha value is -4.89. The molecule has 0 heterocycles. The molecule has 214 valence electrons. The van der Waals surface area contributed by atoms with Crippen molar-refractivity contribution >= 4 is 35.5 Å². The molecule has 4 rings (SSSR count). The Bertz CT molecular complexity index is 1600. The predicted octanol–water partition coefficient (Wildman–Crippen LogP) is 6.61. The second-order valence-electron chi connectivity index (χ2n) is 9.27. The Morgan fingerprint density at radius 3 is 2.10 bits per heavy atom. The van der Waals surface area contributed by atoms with Crippen LogP contribution < -0.4 is 10.6 Å². The van der Waals surface area contributed by atoms with Crippen molar-refractivity contribution in [2.24, 2.45) is 0 Å². The molecule has 0 fully saturated rings. The van der Waals surface area contributed by atoms with E-state index in [2.05, 4.69) is 10.6 Å². The number of halogens is 4. The molecule has 3 N–H and O–H groups in total. The van der Waals surface area contributed by atoms with Gasteiger partial charge in [-0.3, -0.25) is 9.59 Å². The van der Waals surface area contributed by atoms with E-state index in [0.29, 0.717) is 10.6 Å². The summed E-state index contributed by atoms with van der Waals surface area (Å²) in [5.74, 6) is -3.06. The lowest BCUT2D eigenvalue weighted by Gasteiger charge is -2.17. The molecule has 0 aliphatic rings. The van der Waals surface area contributed by atoms with Gasteiger partial charge in [0, 0.05) is 17.0 Å². The molecule has 0 spiro atoms. The molecule has 4 aromatic rings. The highest BCUT2D eigenvalue weighted by atomic mass is 35.5. The lowest BCUT2D eigenvalue weighted by Crippen LogP contribution is -2.45. The molecule has 10 heteroatoms. The fraction of sp³-hybridized carbons (Fsp3) is 0.0938. The number of nitrogens with one attached hydrogen (secondary N) is 2. The van der Waals surface area contributed by atoms with Gasteiger partial charge in [0.05, 0.1) is 5.56 Å². The number of carbonyl (C=O) groups is 3. The third kappa shape index (κ3) is 8.08. The number of carboxylic acid groups (broad SMARTS) is 1.